The second kappa shape index (κ2) is 8.58. The molecule has 0 radical (unpaired) electrons. The number of rotatable bonds is 5. The monoisotopic (exact) mass is 471 g/mol. The van der Waals surface area contributed by atoms with Crippen LogP contribution in [0.2, 0.25) is 0 Å². The van der Waals surface area contributed by atoms with Crippen LogP contribution >= 0.6 is 34.4 Å². The topological polar surface area (TPSA) is 46.6 Å². The van der Waals surface area contributed by atoms with Gasteiger partial charge in [0.2, 0.25) is 0 Å². The molecule has 0 N–H and O–H groups in total. The Bertz CT molecular complexity index is 698. The smallest absolute Gasteiger partial charge is 0.293 e. The van der Waals surface area contributed by atoms with Crippen LogP contribution in [0.1, 0.15) is 44.6 Å². The lowest BCUT2D eigenvalue weighted by Crippen LogP contribution is -2.34. The van der Waals surface area contributed by atoms with Gasteiger partial charge in [-0.25, -0.2) is 0 Å². The second-order valence-electron chi connectivity index (χ2n) is 6.42. The minimum absolute atomic E-state index is 0.137. The molecule has 0 spiro atoms. The van der Waals surface area contributed by atoms with Crippen molar-refractivity contribution < 1.29 is 14.3 Å². The zero-order valence-corrected chi connectivity index (χ0v) is 17.3. The Kier molecular flexibility index (Phi) is 6.44. The van der Waals surface area contributed by atoms with Crippen LogP contribution < -0.4 is 4.74 Å². The Morgan fingerprint density at radius 3 is 2.72 bits per heavy atom. The maximum Gasteiger partial charge on any atom is 0.293 e. The van der Waals surface area contributed by atoms with Crippen LogP contribution in [0.15, 0.2) is 23.1 Å². The first-order valence-electron chi connectivity index (χ1n) is 8.76. The number of imide groups is 1. The van der Waals surface area contributed by atoms with Crippen molar-refractivity contribution >= 4 is 51.6 Å². The molecule has 1 aromatic rings. The van der Waals surface area contributed by atoms with Crippen LogP contribution in [0.25, 0.3) is 6.08 Å². The number of carbonyl (C=O) groups excluding carboxylic acids is 2. The summed E-state index contributed by atoms with van der Waals surface area (Å²) in [5.41, 5.74) is 0.913. The molecule has 1 saturated carbocycles. The van der Waals surface area contributed by atoms with Crippen LogP contribution in [0, 0.1) is 9.49 Å². The van der Waals surface area contributed by atoms with Gasteiger partial charge < -0.3 is 4.74 Å². The highest BCUT2D eigenvalue weighted by Crippen LogP contribution is 2.35. The van der Waals surface area contributed by atoms with Gasteiger partial charge in [-0.2, -0.15) is 0 Å². The molecule has 2 aliphatic rings. The number of benzene rings is 1. The third-order valence-corrected chi connectivity index (χ3v) is 6.34. The largest absolute Gasteiger partial charge is 0.493 e. The minimum Gasteiger partial charge on any atom is -0.493 e. The van der Waals surface area contributed by atoms with Crippen molar-refractivity contribution in [3.63, 3.8) is 0 Å². The molecular weight excluding hydrogens is 449 g/mol. The van der Waals surface area contributed by atoms with E-state index in [0.29, 0.717) is 24.0 Å². The van der Waals surface area contributed by atoms with Gasteiger partial charge in [0.05, 0.1) is 15.1 Å². The highest BCUT2D eigenvalue weighted by molar-refractivity contribution is 14.1. The number of nitrogens with zero attached hydrogens (tertiary/aromatic N) is 1. The summed E-state index contributed by atoms with van der Waals surface area (Å²) in [6.45, 7) is 3.14. The molecule has 0 aromatic heterocycles. The Labute approximate surface area is 166 Å². The van der Waals surface area contributed by atoms with E-state index in [9.17, 15) is 9.59 Å². The number of carbonyl (C=O) groups is 2. The number of amides is 2. The van der Waals surface area contributed by atoms with Gasteiger partial charge in [0, 0.05) is 6.54 Å². The van der Waals surface area contributed by atoms with Crippen molar-refractivity contribution in [1.82, 2.24) is 4.90 Å². The van der Waals surface area contributed by atoms with E-state index in [4.69, 9.17) is 4.74 Å². The molecule has 134 valence electrons. The summed E-state index contributed by atoms with van der Waals surface area (Å²) in [6, 6.07) is 5.80. The molecule has 3 rings (SSSR count). The quantitative estimate of drug-likeness (QED) is 0.432. The van der Waals surface area contributed by atoms with Crippen molar-refractivity contribution in [3.05, 3.63) is 32.2 Å². The number of thioether (sulfide) groups is 1. The average molecular weight is 471 g/mol. The summed E-state index contributed by atoms with van der Waals surface area (Å²) < 4.78 is 6.53. The summed E-state index contributed by atoms with van der Waals surface area (Å²) in [5, 5.41) is -0.137. The molecular formula is C19H22INO3S. The van der Waals surface area contributed by atoms with Crippen LogP contribution in [0.4, 0.5) is 4.79 Å². The summed E-state index contributed by atoms with van der Waals surface area (Å²) in [5.74, 6) is 1.16. The maximum atomic E-state index is 12.6. The van der Waals surface area contributed by atoms with E-state index in [1.807, 2.05) is 31.2 Å². The minimum atomic E-state index is -0.149. The van der Waals surface area contributed by atoms with Gasteiger partial charge in [0.1, 0.15) is 5.75 Å². The third kappa shape index (κ3) is 4.58. The van der Waals surface area contributed by atoms with Gasteiger partial charge in [0.15, 0.2) is 0 Å². The van der Waals surface area contributed by atoms with Gasteiger partial charge in [0.25, 0.3) is 11.1 Å². The van der Waals surface area contributed by atoms with E-state index in [0.717, 1.165) is 39.5 Å². The lowest BCUT2D eigenvalue weighted by molar-refractivity contribution is -0.123. The first-order valence-corrected chi connectivity index (χ1v) is 10.7. The lowest BCUT2D eigenvalue weighted by atomic mass is 9.89. The first-order chi connectivity index (χ1) is 12.1. The van der Waals surface area contributed by atoms with E-state index in [1.165, 1.54) is 24.2 Å². The third-order valence-electron chi connectivity index (χ3n) is 4.59. The summed E-state index contributed by atoms with van der Waals surface area (Å²) in [7, 11) is 0. The van der Waals surface area contributed by atoms with Crippen molar-refractivity contribution in [3.8, 4) is 5.75 Å². The molecule has 1 aliphatic heterocycles. The van der Waals surface area contributed by atoms with Crippen molar-refractivity contribution in [2.45, 2.75) is 39.0 Å². The molecule has 25 heavy (non-hydrogen) atoms. The molecule has 4 nitrogen and oxygen atoms in total. The molecule has 0 atom stereocenters. The predicted octanol–water partition coefficient (Wildman–Crippen LogP) is 5.31. The number of halogens is 1. The SMILES string of the molecule is CCOc1ccc(/C=C2/SC(=O)N(CC3CCCCC3)C2=O)cc1I. The number of ether oxygens (including phenoxy) is 1. The summed E-state index contributed by atoms with van der Waals surface area (Å²) >= 11 is 3.27. The first kappa shape index (κ1) is 18.8. The highest BCUT2D eigenvalue weighted by Gasteiger charge is 2.36. The van der Waals surface area contributed by atoms with Crippen molar-refractivity contribution in [1.29, 1.82) is 0 Å². The molecule has 2 fully saturated rings. The zero-order valence-electron chi connectivity index (χ0n) is 14.3. The van der Waals surface area contributed by atoms with Crippen LogP contribution in [0.5, 0.6) is 5.75 Å². The molecule has 0 bridgehead atoms. The van der Waals surface area contributed by atoms with E-state index >= 15 is 0 Å². The molecule has 2 amide bonds. The summed E-state index contributed by atoms with van der Waals surface area (Å²) in [4.78, 5) is 26.9. The Balaban J connectivity index is 1.72. The molecule has 1 aromatic carbocycles. The van der Waals surface area contributed by atoms with Gasteiger partial charge in [-0.05, 0) is 83.8 Å². The van der Waals surface area contributed by atoms with Gasteiger partial charge >= 0.3 is 0 Å². The fourth-order valence-electron chi connectivity index (χ4n) is 3.32. The second-order valence-corrected chi connectivity index (χ2v) is 8.57. The zero-order chi connectivity index (χ0) is 17.8. The summed E-state index contributed by atoms with van der Waals surface area (Å²) in [6.07, 6.45) is 7.75. The van der Waals surface area contributed by atoms with Crippen LogP contribution in [-0.2, 0) is 4.79 Å². The van der Waals surface area contributed by atoms with Gasteiger partial charge in [-0.15, -0.1) is 0 Å². The number of hydrogen-bond acceptors (Lipinski definition) is 4. The van der Waals surface area contributed by atoms with E-state index in [1.54, 1.807) is 0 Å². The van der Waals surface area contributed by atoms with E-state index in [2.05, 4.69) is 22.6 Å². The number of hydrogen-bond donors (Lipinski definition) is 0. The maximum absolute atomic E-state index is 12.6. The average Bonchev–Trinajstić information content (AvgIpc) is 2.86. The molecule has 1 saturated heterocycles. The fourth-order valence-corrected chi connectivity index (χ4v) is 4.86. The van der Waals surface area contributed by atoms with Gasteiger partial charge in [-0.3, -0.25) is 14.5 Å². The highest BCUT2D eigenvalue weighted by atomic mass is 127. The Morgan fingerprint density at radius 2 is 2.04 bits per heavy atom. The standard InChI is InChI=1S/C19H22INO3S/c1-2-24-16-9-8-14(10-15(16)20)11-17-18(22)21(19(23)25-17)12-13-6-4-3-5-7-13/h8-11,13H,2-7,12H2,1H3/b17-11+. The van der Waals surface area contributed by atoms with Crippen molar-refractivity contribution in [2.24, 2.45) is 5.92 Å². The van der Waals surface area contributed by atoms with Crippen LogP contribution in [0.3, 0.4) is 0 Å². The Morgan fingerprint density at radius 1 is 1.28 bits per heavy atom. The molecule has 1 aliphatic carbocycles. The fraction of sp³-hybridized carbons (Fsp3) is 0.474. The Hall–Kier alpha value is -1.02. The van der Waals surface area contributed by atoms with Gasteiger partial charge in [-0.1, -0.05) is 25.3 Å². The molecule has 6 heteroatoms. The molecule has 1 heterocycles. The van der Waals surface area contributed by atoms with E-state index in [-0.39, 0.29) is 11.1 Å². The van der Waals surface area contributed by atoms with E-state index < -0.39 is 0 Å². The van der Waals surface area contributed by atoms with Crippen LogP contribution in [-0.4, -0.2) is 29.2 Å². The van der Waals surface area contributed by atoms with Crippen molar-refractivity contribution in [2.75, 3.05) is 13.2 Å². The lowest BCUT2D eigenvalue weighted by Gasteiger charge is -2.25. The predicted molar refractivity (Wildman–Crippen MR) is 110 cm³/mol. The molecule has 0 unspecified atom stereocenters. The normalized spacial score (nSPS) is 20.6.